The van der Waals surface area contributed by atoms with E-state index in [-0.39, 0.29) is 12.4 Å². The minimum Gasteiger partial charge on any atom is -1.00 e. The van der Waals surface area contributed by atoms with Gasteiger partial charge in [-0.1, -0.05) is 20.8 Å². The van der Waals surface area contributed by atoms with E-state index < -0.39 is 0 Å². The molecule has 3 heteroatoms. The van der Waals surface area contributed by atoms with Gasteiger partial charge in [-0.3, -0.25) is 0 Å². The number of rotatable bonds is 8. The molecule has 0 N–H and O–H groups in total. The molecular weight excluding hydrogens is 210 g/mol. The smallest absolute Gasteiger partial charge is 0.130 e. The van der Waals surface area contributed by atoms with Crippen molar-refractivity contribution >= 4 is 0 Å². The summed E-state index contributed by atoms with van der Waals surface area (Å²) in [5.74, 6) is 0. The van der Waals surface area contributed by atoms with Crippen molar-refractivity contribution in [3.8, 4) is 0 Å². The monoisotopic (exact) mass is 235 g/mol. The van der Waals surface area contributed by atoms with Crippen molar-refractivity contribution in [3.63, 3.8) is 0 Å². The molecule has 1 rings (SSSR count). The molecule has 0 aromatic rings. The third-order valence-corrected chi connectivity index (χ3v) is 3.09. The van der Waals surface area contributed by atoms with Crippen LogP contribution in [-0.4, -0.2) is 43.4 Å². The van der Waals surface area contributed by atoms with E-state index in [1.807, 2.05) is 0 Å². The number of epoxide rings is 1. The van der Waals surface area contributed by atoms with Crippen LogP contribution in [0.3, 0.4) is 0 Å². The average molecular weight is 236 g/mol. The van der Waals surface area contributed by atoms with Crippen LogP contribution in [0.2, 0.25) is 0 Å². The third kappa shape index (κ3) is 5.19. The molecule has 0 bridgehead atoms. The predicted octanol–water partition coefficient (Wildman–Crippen LogP) is -0.564. The molecule has 1 fully saturated rings. The van der Waals surface area contributed by atoms with Gasteiger partial charge in [0.15, 0.2) is 0 Å². The summed E-state index contributed by atoms with van der Waals surface area (Å²) in [6, 6.07) is 0. The Morgan fingerprint density at radius 3 is 1.67 bits per heavy atom. The van der Waals surface area contributed by atoms with Gasteiger partial charge in [0.1, 0.15) is 12.6 Å². The van der Waals surface area contributed by atoms with Crippen LogP contribution < -0.4 is 12.4 Å². The number of hydrogen-bond acceptors (Lipinski definition) is 1. The van der Waals surface area contributed by atoms with Gasteiger partial charge in [0.25, 0.3) is 0 Å². The van der Waals surface area contributed by atoms with Crippen molar-refractivity contribution in [2.24, 2.45) is 0 Å². The van der Waals surface area contributed by atoms with Crippen LogP contribution in [0.5, 0.6) is 0 Å². The van der Waals surface area contributed by atoms with E-state index in [0.29, 0.717) is 6.10 Å². The highest BCUT2D eigenvalue weighted by Crippen LogP contribution is 2.19. The quantitative estimate of drug-likeness (QED) is 0.406. The Bertz CT molecular complexity index is 143. The largest absolute Gasteiger partial charge is 1.00 e. The van der Waals surface area contributed by atoms with Gasteiger partial charge < -0.3 is 21.6 Å². The second-order valence-electron chi connectivity index (χ2n) is 4.65. The van der Waals surface area contributed by atoms with E-state index in [2.05, 4.69) is 20.8 Å². The van der Waals surface area contributed by atoms with Crippen molar-refractivity contribution in [2.75, 3.05) is 32.8 Å². The van der Waals surface area contributed by atoms with Gasteiger partial charge >= 0.3 is 0 Å². The van der Waals surface area contributed by atoms with Crippen LogP contribution in [0.4, 0.5) is 0 Å². The van der Waals surface area contributed by atoms with Gasteiger partial charge in [-0.15, -0.1) is 0 Å². The molecule has 0 spiro atoms. The van der Waals surface area contributed by atoms with Crippen LogP contribution >= 0.6 is 0 Å². The van der Waals surface area contributed by atoms with E-state index >= 15 is 0 Å². The summed E-state index contributed by atoms with van der Waals surface area (Å²) in [6.07, 6.45) is 4.48. The fraction of sp³-hybridized carbons (Fsp3) is 1.00. The Balaban J connectivity index is 0.00000196. The van der Waals surface area contributed by atoms with Crippen LogP contribution in [0.15, 0.2) is 0 Å². The van der Waals surface area contributed by atoms with Gasteiger partial charge in [0.2, 0.25) is 0 Å². The molecule has 1 aliphatic heterocycles. The third-order valence-electron chi connectivity index (χ3n) is 3.09. The fourth-order valence-electron chi connectivity index (χ4n) is 2.64. The first-order chi connectivity index (χ1) is 6.76. The van der Waals surface area contributed by atoms with Gasteiger partial charge in [-0.2, -0.15) is 0 Å². The van der Waals surface area contributed by atoms with Gasteiger partial charge in [-0.25, -0.2) is 0 Å². The Morgan fingerprint density at radius 2 is 1.40 bits per heavy atom. The Morgan fingerprint density at radius 1 is 1.00 bits per heavy atom. The first-order valence-electron chi connectivity index (χ1n) is 6.23. The predicted molar refractivity (Wildman–Crippen MR) is 60.3 cm³/mol. The summed E-state index contributed by atoms with van der Waals surface area (Å²) in [5, 5.41) is 0. The number of halogens is 1. The summed E-state index contributed by atoms with van der Waals surface area (Å²) in [5.41, 5.74) is 0. The fourth-order valence-corrected chi connectivity index (χ4v) is 2.64. The molecule has 15 heavy (non-hydrogen) atoms. The maximum atomic E-state index is 5.39. The highest BCUT2D eigenvalue weighted by Gasteiger charge is 2.35. The average Bonchev–Trinajstić information content (AvgIpc) is 2.89. The number of quaternary nitrogens is 1. The highest BCUT2D eigenvalue weighted by molar-refractivity contribution is 4.68. The topological polar surface area (TPSA) is 12.5 Å². The Kier molecular flexibility index (Phi) is 7.58. The highest BCUT2D eigenvalue weighted by atomic mass is 35.5. The normalized spacial score (nSPS) is 19.8. The molecule has 0 aromatic heterocycles. The van der Waals surface area contributed by atoms with E-state index in [1.54, 1.807) is 0 Å². The zero-order valence-corrected chi connectivity index (χ0v) is 11.2. The van der Waals surface area contributed by atoms with Gasteiger partial charge in [0.05, 0.1) is 26.2 Å². The molecule has 1 heterocycles. The summed E-state index contributed by atoms with van der Waals surface area (Å²) >= 11 is 0. The number of hydrogen-bond donors (Lipinski definition) is 0. The zero-order valence-electron chi connectivity index (χ0n) is 10.5. The number of ether oxygens (including phenoxy) is 1. The second-order valence-corrected chi connectivity index (χ2v) is 4.65. The zero-order chi connectivity index (χ0) is 10.4. The minimum atomic E-state index is 0. The van der Waals surface area contributed by atoms with Crippen LogP contribution in [0.1, 0.15) is 40.0 Å². The Labute approximate surface area is 101 Å². The molecular formula is C12H26ClNO. The maximum absolute atomic E-state index is 5.39. The van der Waals surface area contributed by atoms with Gasteiger partial charge in [-0.05, 0) is 19.3 Å². The van der Waals surface area contributed by atoms with Crippen LogP contribution in [-0.2, 0) is 4.74 Å². The molecule has 1 unspecified atom stereocenters. The lowest BCUT2D eigenvalue weighted by molar-refractivity contribution is -0.928. The van der Waals surface area contributed by atoms with Crippen molar-refractivity contribution in [1.29, 1.82) is 0 Å². The molecule has 0 amide bonds. The van der Waals surface area contributed by atoms with Crippen molar-refractivity contribution in [3.05, 3.63) is 0 Å². The first kappa shape index (κ1) is 15.2. The van der Waals surface area contributed by atoms with E-state index in [0.717, 1.165) is 6.61 Å². The van der Waals surface area contributed by atoms with E-state index in [1.165, 1.54) is 49.9 Å². The molecule has 1 atom stereocenters. The summed E-state index contributed by atoms with van der Waals surface area (Å²) in [6.45, 7) is 13.2. The lowest BCUT2D eigenvalue weighted by Gasteiger charge is -2.38. The lowest BCUT2D eigenvalue weighted by atomic mass is 10.2. The van der Waals surface area contributed by atoms with Crippen LogP contribution in [0, 0.1) is 0 Å². The van der Waals surface area contributed by atoms with Gasteiger partial charge in [0, 0.05) is 0 Å². The Hall–Kier alpha value is 0.210. The van der Waals surface area contributed by atoms with E-state index in [4.69, 9.17) is 4.74 Å². The molecule has 1 saturated heterocycles. The van der Waals surface area contributed by atoms with E-state index in [9.17, 15) is 0 Å². The van der Waals surface area contributed by atoms with Crippen molar-refractivity contribution in [1.82, 2.24) is 0 Å². The SMILES string of the molecule is CCC[N+](CCC)(CCC)CC1CO1.[Cl-]. The molecule has 0 saturated carbocycles. The molecule has 0 aliphatic carbocycles. The molecule has 0 radical (unpaired) electrons. The summed E-state index contributed by atoms with van der Waals surface area (Å²) in [7, 11) is 0. The number of nitrogens with zero attached hydrogens (tertiary/aromatic N) is 1. The lowest BCUT2D eigenvalue weighted by Crippen LogP contribution is -3.00. The summed E-state index contributed by atoms with van der Waals surface area (Å²) < 4.78 is 6.69. The van der Waals surface area contributed by atoms with Crippen molar-refractivity contribution < 1.29 is 21.6 Å². The summed E-state index contributed by atoms with van der Waals surface area (Å²) in [4.78, 5) is 0. The maximum Gasteiger partial charge on any atom is 0.130 e. The molecule has 0 aromatic carbocycles. The second kappa shape index (κ2) is 7.48. The standard InChI is InChI=1S/C12H26NO.ClH/c1-4-7-13(8-5-2,9-6-3)10-12-11-14-12;/h12H,4-11H2,1-3H3;1H/q+1;/p-1. The minimum absolute atomic E-state index is 0. The first-order valence-corrected chi connectivity index (χ1v) is 6.23. The molecule has 1 aliphatic rings. The van der Waals surface area contributed by atoms with Crippen LogP contribution in [0.25, 0.3) is 0 Å². The molecule has 92 valence electrons. The van der Waals surface area contributed by atoms with Crippen molar-refractivity contribution in [2.45, 2.75) is 46.1 Å². The molecule has 2 nitrogen and oxygen atoms in total.